The van der Waals surface area contributed by atoms with Gasteiger partial charge in [0.05, 0.1) is 17.9 Å². The number of hydrogen-bond acceptors (Lipinski definition) is 6. The highest BCUT2D eigenvalue weighted by molar-refractivity contribution is 5.69. The van der Waals surface area contributed by atoms with Crippen LogP contribution < -0.4 is 10.6 Å². The van der Waals surface area contributed by atoms with Gasteiger partial charge in [-0.15, -0.1) is 0 Å². The third kappa shape index (κ3) is 4.36. The van der Waals surface area contributed by atoms with Crippen molar-refractivity contribution in [3.63, 3.8) is 0 Å². The number of rotatable bonds is 8. The number of hydrogen-bond donors (Lipinski definition) is 2. The van der Waals surface area contributed by atoms with Crippen LogP contribution in [0.2, 0.25) is 0 Å². The molecule has 0 radical (unpaired) electrons. The molecule has 24 heavy (non-hydrogen) atoms. The van der Waals surface area contributed by atoms with Crippen LogP contribution in [0.25, 0.3) is 0 Å². The molecule has 0 bridgehead atoms. The van der Waals surface area contributed by atoms with Gasteiger partial charge >= 0.3 is 0 Å². The molecule has 0 aliphatic carbocycles. The van der Waals surface area contributed by atoms with E-state index in [0.29, 0.717) is 6.41 Å². The van der Waals surface area contributed by atoms with E-state index in [-0.39, 0.29) is 6.04 Å². The molecule has 8 heteroatoms. The lowest BCUT2D eigenvalue weighted by molar-refractivity contribution is -0.105. The Morgan fingerprint density at radius 1 is 1.29 bits per heavy atom. The van der Waals surface area contributed by atoms with Crippen LogP contribution in [-0.2, 0) is 11.3 Å². The number of aryl methyl sites for hydroxylation is 1. The Kier molecular flexibility index (Phi) is 5.86. The van der Waals surface area contributed by atoms with Crippen LogP contribution in [0.3, 0.4) is 0 Å². The van der Waals surface area contributed by atoms with E-state index in [0.717, 1.165) is 57.1 Å². The average molecular weight is 329 g/mol. The van der Waals surface area contributed by atoms with Gasteiger partial charge in [-0.05, 0) is 25.5 Å². The zero-order valence-electron chi connectivity index (χ0n) is 13.6. The molecule has 3 rings (SSSR count). The topological polar surface area (TPSA) is 88.0 Å². The lowest BCUT2D eigenvalue weighted by atomic mass is 10.1. The van der Waals surface area contributed by atoms with Crippen LogP contribution in [0.15, 0.2) is 30.9 Å². The Morgan fingerprint density at radius 2 is 2.12 bits per heavy atom. The molecule has 2 aromatic rings. The molecule has 1 aliphatic rings. The zero-order chi connectivity index (χ0) is 16.6. The summed E-state index contributed by atoms with van der Waals surface area (Å²) in [6, 6.07) is 2.09. The molecule has 2 N–H and O–H groups in total. The highest BCUT2D eigenvalue weighted by atomic mass is 16.1. The largest absolute Gasteiger partial charge is 0.326 e. The van der Waals surface area contributed by atoms with Gasteiger partial charge in [0.25, 0.3) is 0 Å². The summed E-state index contributed by atoms with van der Waals surface area (Å²) < 4.78 is 1.86. The Bertz CT molecular complexity index is 630. The van der Waals surface area contributed by atoms with Crippen molar-refractivity contribution in [1.29, 1.82) is 0 Å². The number of amides is 1. The molecule has 1 saturated heterocycles. The molecule has 128 valence electrons. The molecular formula is C16H23N7O. The molecule has 1 amide bonds. The number of nitrogens with one attached hydrogen (secondary N) is 2. The maximum Gasteiger partial charge on any atom is 0.211 e. The number of carbonyl (C=O) groups excluding carboxylic acids is 1. The van der Waals surface area contributed by atoms with E-state index in [2.05, 4.69) is 30.6 Å². The van der Waals surface area contributed by atoms with Gasteiger partial charge in [0.15, 0.2) is 0 Å². The second-order valence-electron chi connectivity index (χ2n) is 5.82. The maximum absolute atomic E-state index is 10.4. The summed E-state index contributed by atoms with van der Waals surface area (Å²) in [5, 5.41) is 10.3. The minimum atomic E-state index is 0.244. The molecule has 3 heterocycles. The molecule has 2 aromatic heterocycles. The van der Waals surface area contributed by atoms with Gasteiger partial charge in [-0.25, -0.2) is 9.97 Å². The monoisotopic (exact) mass is 329 g/mol. The first kappa shape index (κ1) is 16.5. The van der Waals surface area contributed by atoms with E-state index in [9.17, 15) is 4.79 Å². The van der Waals surface area contributed by atoms with Crippen molar-refractivity contribution < 1.29 is 4.79 Å². The first-order chi connectivity index (χ1) is 11.9. The van der Waals surface area contributed by atoms with E-state index in [1.165, 1.54) is 0 Å². The summed E-state index contributed by atoms with van der Waals surface area (Å²) >= 11 is 0. The number of aromatic nitrogens is 4. The van der Waals surface area contributed by atoms with Crippen LogP contribution in [0.5, 0.6) is 0 Å². The Morgan fingerprint density at radius 3 is 2.96 bits per heavy atom. The van der Waals surface area contributed by atoms with E-state index in [4.69, 9.17) is 0 Å². The Balaban J connectivity index is 1.46. The SMILES string of the molecule is O=CNc1cnn(CCCCN2CCNCC2c2ncccn2)c1. The molecule has 0 aromatic carbocycles. The van der Waals surface area contributed by atoms with Crippen molar-refractivity contribution in [2.75, 3.05) is 31.5 Å². The second-order valence-corrected chi connectivity index (χ2v) is 5.82. The van der Waals surface area contributed by atoms with E-state index < -0.39 is 0 Å². The fourth-order valence-corrected chi connectivity index (χ4v) is 2.97. The normalized spacial score (nSPS) is 18.4. The second kappa shape index (κ2) is 8.51. The van der Waals surface area contributed by atoms with Crippen LogP contribution >= 0.6 is 0 Å². The standard InChI is InChI=1S/C16H23N7O/c24-13-20-14-10-21-23(12-14)8-2-1-7-22-9-6-17-11-15(22)16-18-4-3-5-19-16/h3-5,10,12-13,15,17H,1-2,6-9,11H2,(H,20,24). The minimum Gasteiger partial charge on any atom is -0.326 e. The minimum absolute atomic E-state index is 0.244. The summed E-state index contributed by atoms with van der Waals surface area (Å²) in [5.41, 5.74) is 0.730. The van der Waals surface area contributed by atoms with Crippen molar-refractivity contribution >= 4 is 12.1 Å². The lowest BCUT2D eigenvalue weighted by Gasteiger charge is -2.35. The number of carbonyl (C=O) groups is 1. The van der Waals surface area contributed by atoms with Gasteiger partial charge in [0.1, 0.15) is 5.82 Å². The van der Waals surface area contributed by atoms with Crippen molar-refractivity contribution in [2.24, 2.45) is 0 Å². The quantitative estimate of drug-likeness (QED) is 0.547. The smallest absolute Gasteiger partial charge is 0.211 e. The third-order valence-electron chi connectivity index (χ3n) is 4.18. The maximum atomic E-state index is 10.4. The fourth-order valence-electron chi connectivity index (χ4n) is 2.97. The van der Waals surface area contributed by atoms with Gasteiger partial charge in [-0.2, -0.15) is 5.10 Å². The first-order valence-corrected chi connectivity index (χ1v) is 8.31. The number of nitrogens with zero attached hydrogens (tertiary/aromatic N) is 5. The van der Waals surface area contributed by atoms with Gasteiger partial charge in [-0.1, -0.05) is 0 Å². The van der Waals surface area contributed by atoms with Crippen LogP contribution in [-0.4, -0.2) is 57.2 Å². The number of piperazine rings is 1. The summed E-state index contributed by atoms with van der Waals surface area (Å²) in [5.74, 6) is 0.890. The predicted molar refractivity (Wildman–Crippen MR) is 90.4 cm³/mol. The van der Waals surface area contributed by atoms with Gasteiger partial charge in [0.2, 0.25) is 6.41 Å². The van der Waals surface area contributed by atoms with Gasteiger partial charge in [0, 0.05) is 44.8 Å². The summed E-state index contributed by atoms with van der Waals surface area (Å²) in [6.45, 7) is 4.77. The first-order valence-electron chi connectivity index (χ1n) is 8.31. The van der Waals surface area contributed by atoms with E-state index >= 15 is 0 Å². The molecular weight excluding hydrogens is 306 g/mol. The van der Waals surface area contributed by atoms with Crippen LogP contribution in [0.1, 0.15) is 24.7 Å². The van der Waals surface area contributed by atoms with Crippen molar-refractivity contribution in [2.45, 2.75) is 25.4 Å². The summed E-state index contributed by atoms with van der Waals surface area (Å²) in [7, 11) is 0. The molecule has 1 fully saturated rings. The highest BCUT2D eigenvalue weighted by Crippen LogP contribution is 2.19. The highest BCUT2D eigenvalue weighted by Gasteiger charge is 2.25. The third-order valence-corrected chi connectivity index (χ3v) is 4.18. The molecule has 8 nitrogen and oxygen atoms in total. The number of unbranched alkanes of at least 4 members (excludes halogenated alkanes) is 1. The van der Waals surface area contributed by atoms with Gasteiger partial charge < -0.3 is 10.6 Å². The predicted octanol–water partition coefficient (Wildman–Crippen LogP) is 0.668. The molecule has 0 saturated carbocycles. The van der Waals surface area contributed by atoms with Crippen molar-refractivity contribution in [1.82, 2.24) is 30.0 Å². The van der Waals surface area contributed by atoms with Crippen LogP contribution in [0.4, 0.5) is 5.69 Å². The fraction of sp³-hybridized carbons (Fsp3) is 0.500. The zero-order valence-corrected chi connectivity index (χ0v) is 13.6. The van der Waals surface area contributed by atoms with Crippen molar-refractivity contribution in [3.05, 3.63) is 36.7 Å². The van der Waals surface area contributed by atoms with E-state index in [1.54, 1.807) is 18.6 Å². The molecule has 0 spiro atoms. The molecule has 1 unspecified atom stereocenters. The Hall–Kier alpha value is -2.32. The summed E-state index contributed by atoms with van der Waals surface area (Å²) in [6.07, 6.45) is 9.90. The molecule has 1 aliphatic heterocycles. The average Bonchev–Trinajstić information content (AvgIpc) is 3.08. The number of anilines is 1. The van der Waals surface area contributed by atoms with Gasteiger partial charge in [-0.3, -0.25) is 14.4 Å². The van der Waals surface area contributed by atoms with Crippen molar-refractivity contribution in [3.8, 4) is 0 Å². The lowest BCUT2D eigenvalue weighted by Crippen LogP contribution is -2.46. The molecule has 1 atom stereocenters. The summed E-state index contributed by atoms with van der Waals surface area (Å²) in [4.78, 5) is 21.7. The van der Waals surface area contributed by atoms with Crippen LogP contribution in [0, 0.1) is 0 Å². The van der Waals surface area contributed by atoms with E-state index in [1.807, 2.05) is 16.9 Å². The Labute approximate surface area is 141 Å².